The minimum Gasteiger partial charge on any atom is -0.363 e. The van der Waals surface area contributed by atoms with Crippen molar-refractivity contribution in [3.05, 3.63) is 30.3 Å². The minimum absolute atomic E-state index is 0. The van der Waals surface area contributed by atoms with Gasteiger partial charge < -0.3 is 9.80 Å². The molecular formula is C16H21ClN4. The average Bonchev–Trinajstić information content (AvgIpc) is 2.84. The molecule has 0 spiro atoms. The number of likely N-dealkylation sites (tertiary alicyclic amines) is 1. The number of aromatic nitrogens is 1. The Balaban J connectivity index is 0.00000161. The number of hydrogen-bond acceptors (Lipinski definition) is 3. The number of amidine groups is 1. The lowest BCUT2D eigenvalue weighted by Gasteiger charge is -2.15. The summed E-state index contributed by atoms with van der Waals surface area (Å²) in [6, 6.07) is 10.3. The van der Waals surface area contributed by atoms with Crippen molar-refractivity contribution >= 4 is 40.7 Å². The van der Waals surface area contributed by atoms with Gasteiger partial charge in [0.25, 0.3) is 0 Å². The van der Waals surface area contributed by atoms with Crippen LogP contribution >= 0.6 is 12.4 Å². The van der Waals surface area contributed by atoms with Gasteiger partial charge >= 0.3 is 0 Å². The standard InChI is InChI=1S/C16H20N4.ClH/c1-19(2)16-11-14(18-15-9-6-10-20(15)3)12-7-4-5-8-13(12)17-16;/h4-5,7-8,11H,6,9-10H2,1-3H3;1H. The van der Waals surface area contributed by atoms with Crippen LogP contribution in [0.3, 0.4) is 0 Å². The van der Waals surface area contributed by atoms with Gasteiger partial charge in [-0.1, -0.05) is 18.2 Å². The number of aliphatic imine (C=N–C) groups is 1. The number of fused-ring (bicyclic) bond motifs is 1. The van der Waals surface area contributed by atoms with E-state index in [9.17, 15) is 0 Å². The molecule has 5 heteroatoms. The summed E-state index contributed by atoms with van der Waals surface area (Å²) in [4.78, 5) is 13.8. The molecule has 3 rings (SSSR count). The Morgan fingerprint density at radius 3 is 2.67 bits per heavy atom. The van der Waals surface area contributed by atoms with E-state index in [1.54, 1.807) is 0 Å². The predicted octanol–water partition coefficient (Wildman–Crippen LogP) is 3.48. The molecule has 0 aliphatic carbocycles. The first-order valence-corrected chi connectivity index (χ1v) is 7.01. The van der Waals surface area contributed by atoms with E-state index in [1.165, 1.54) is 12.3 Å². The van der Waals surface area contributed by atoms with Crippen LogP contribution in [0.25, 0.3) is 10.9 Å². The van der Waals surface area contributed by atoms with Gasteiger partial charge in [0.2, 0.25) is 0 Å². The maximum Gasteiger partial charge on any atom is 0.130 e. The van der Waals surface area contributed by atoms with Crippen LogP contribution in [0.1, 0.15) is 12.8 Å². The summed E-state index contributed by atoms with van der Waals surface area (Å²) in [7, 11) is 6.13. The highest BCUT2D eigenvalue weighted by molar-refractivity contribution is 5.96. The van der Waals surface area contributed by atoms with Crippen molar-refractivity contribution in [3.8, 4) is 0 Å². The van der Waals surface area contributed by atoms with Gasteiger partial charge in [0.05, 0.1) is 11.2 Å². The number of hydrogen-bond donors (Lipinski definition) is 0. The molecule has 0 radical (unpaired) electrons. The zero-order valence-electron chi connectivity index (χ0n) is 12.7. The number of para-hydroxylation sites is 1. The second-order valence-corrected chi connectivity index (χ2v) is 5.46. The van der Waals surface area contributed by atoms with Crippen LogP contribution in [0.15, 0.2) is 35.3 Å². The lowest BCUT2D eigenvalue weighted by molar-refractivity contribution is 0.550. The van der Waals surface area contributed by atoms with E-state index in [1.807, 2.05) is 37.2 Å². The Morgan fingerprint density at radius 2 is 2.00 bits per heavy atom. The molecule has 0 unspecified atom stereocenters. The Hall–Kier alpha value is -1.81. The molecule has 0 atom stereocenters. The van der Waals surface area contributed by atoms with Gasteiger partial charge in [0.1, 0.15) is 11.7 Å². The highest BCUT2D eigenvalue weighted by atomic mass is 35.5. The molecule has 112 valence electrons. The van der Waals surface area contributed by atoms with Crippen molar-refractivity contribution in [2.75, 3.05) is 32.6 Å². The fourth-order valence-electron chi connectivity index (χ4n) is 2.54. The largest absolute Gasteiger partial charge is 0.363 e. The molecule has 1 aromatic heterocycles. The van der Waals surface area contributed by atoms with E-state index in [2.05, 4.69) is 29.1 Å². The highest BCUT2D eigenvalue weighted by Crippen LogP contribution is 2.30. The van der Waals surface area contributed by atoms with Crippen LogP contribution < -0.4 is 4.90 Å². The molecule has 1 fully saturated rings. The van der Waals surface area contributed by atoms with Crippen LogP contribution in [0.2, 0.25) is 0 Å². The second kappa shape index (κ2) is 6.31. The SMILES string of the molecule is CN1CCCC1=Nc1cc(N(C)C)nc2ccccc12.Cl. The third-order valence-corrected chi connectivity index (χ3v) is 3.72. The summed E-state index contributed by atoms with van der Waals surface area (Å²) in [6.45, 7) is 1.10. The number of rotatable bonds is 2. The monoisotopic (exact) mass is 304 g/mol. The quantitative estimate of drug-likeness (QED) is 0.851. The molecule has 0 N–H and O–H groups in total. The minimum atomic E-state index is 0. The molecule has 1 aliphatic rings. The number of halogens is 1. The Bertz CT molecular complexity index is 666. The third kappa shape index (κ3) is 3.10. The van der Waals surface area contributed by atoms with Gasteiger partial charge in [-0.2, -0.15) is 0 Å². The van der Waals surface area contributed by atoms with Gasteiger partial charge in [0.15, 0.2) is 0 Å². The Kier molecular flexibility index (Phi) is 4.68. The molecule has 2 heterocycles. The zero-order chi connectivity index (χ0) is 14.1. The summed E-state index contributed by atoms with van der Waals surface area (Å²) >= 11 is 0. The molecular weight excluding hydrogens is 284 g/mol. The molecule has 0 bridgehead atoms. The number of anilines is 1. The first-order chi connectivity index (χ1) is 9.65. The van der Waals surface area contributed by atoms with Crippen LogP contribution in [0, 0.1) is 0 Å². The van der Waals surface area contributed by atoms with Crippen molar-refractivity contribution in [1.82, 2.24) is 9.88 Å². The van der Waals surface area contributed by atoms with E-state index in [0.29, 0.717) is 0 Å². The van der Waals surface area contributed by atoms with Crippen LogP contribution in [-0.4, -0.2) is 43.4 Å². The zero-order valence-corrected chi connectivity index (χ0v) is 13.5. The number of benzene rings is 1. The van der Waals surface area contributed by atoms with Crippen molar-refractivity contribution in [2.24, 2.45) is 4.99 Å². The Morgan fingerprint density at radius 1 is 1.24 bits per heavy atom. The van der Waals surface area contributed by atoms with E-state index >= 15 is 0 Å². The summed E-state index contributed by atoms with van der Waals surface area (Å²) in [6.07, 6.45) is 2.25. The molecule has 2 aromatic rings. The first kappa shape index (κ1) is 15.6. The van der Waals surface area contributed by atoms with Gasteiger partial charge in [-0.3, -0.25) is 0 Å². The predicted molar refractivity (Wildman–Crippen MR) is 92.3 cm³/mol. The van der Waals surface area contributed by atoms with Gasteiger partial charge in [0, 0.05) is 45.6 Å². The lowest BCUT2D eigenvalue weighted by Crippen LogP contribution is -2.18. The van der Waals surface area contributed by atoms with E-state index in [-0.39, 0.29) is 12.4 Å². The van der Waals surface area contributed by atoms with E-state index in [4.69, 9.17) is 4.99 Å². The maximum absolute atomic E-state index is 4.89. The molecule has 0 amide bonds. The third-order valence-electron chi connectivity index (χ3n) is 3.72. The van der Waals surface area contributed by atoms with Gasteiger partial charge in [-0.25, -0.2) is 9.98 Å². The molecule has 0 saturated carbocycles. The normalized spacial score (nSPS) is 16.3. The van der Waals surface area contributed by atoms with E-state index < -0.39 is 0 Å². The highest BCUT2D eigenvalue weighted by Gasteiger charge is 2.15. The van der Waals surface area contributed by atoms with Gasteiger partial charge in [-0.05, 0) is 12.5 Å². The summed E-state index contributed by atoms with van der Waals surface area (Å²) in [5.74, 6) is 2.12. The Labute approximate surface area is 131 Å². The second-order valence-electron chi connectivity index (χ2n) is 5.46. The van der Waals surface area contributed by atoms with Crippen molar-refractivity contribution in [3.63, 3.8) is 0 Å². The smallest absolute Gasteiger partial charge is 0.130 e. The fraction of sp³-hybridized carbons (Fsp3) is 0.375. The van der Waals surface area contributed by atoms with Crippen molar-refractivity contribution < 1.29 is 0 Å². The van der Waals surface area contributed by atoms with Crippen molar-refractivity contribution in [2.45, 2.75) is 12.8 Å². The van der Waals surface area contributed by atoms with Gasteiger partial charge in [-0.15, -0.1) is 12.4 Å². The van der Waals surface area contributed by atoms with Crippen LogP contribution in [0.5, 0.6) is 0 Å². The average molecular weight is 305 g/mol. The van der Waals surface area contributed by atoms with Crippen LogP contribution in [0.4, 0.5) is 11.5 Å². The first-order valence-electron chi connectivity index (χ1n) is 7.01. The number of nitrogens with zero attached hydrogens (tertiary/aromatic N) is 4. The topological polar surface area (TPSA) is 31.7 Å². The summed E-state index contributed by atoms with van der Waals surface area (Å²) in [5, 5.41) is 1.12. The fourth-order valence-corrected chi connectivity index (χ4v) is 2.54. The summed E-state index contributed by atoms with van der Waals surface area (Å²) in [5.41, 5.74) is 2.02. The molecule has 1 aliphatic heterocycles. The lowest BCUT2D eigenvalue weighted by atomic mass is 10.2. The molecule has 21 heavy (non-hydrogen) atoms. The summed E-state index contributed by atoms with van der Waals surface area (Å²) < 4.78 is 0. The maximum atomic E-state index is 4.89. The molecule has 4 nitrogen and oxygen atoms in total. The van der Waals surface area contributed by atoms with E-state index in [0.717, 1.165) is 35.4 Å². The molecule has 1 saturated heterocycles. The molecule has 1 aromatic carbocycles. The number of pyridine rings is 1. The van der Waals surface area contributed by atoms with Crippen molar-refractivity contribution in [1.29, 1.82) is 0 Å². The van der Waals surface area contributed by atoms with Crippen LogP contribution in [-0.2, 0) is 0 Å².